The SMILES string of the molecule is NCCNCCO.OCCN(CCO)CCO. The van der Waals surface area contributed by atoms with Crippen LogP contribution in [0.2, 0.25) is 0 Å². The number of nitrogens with two attached hydrogens (primary N) is 1. The first-order valence-corrected chi connectivity index (χ1v) is 5.83. The number of aliphatic hydroxyl groups is 4. The van der Waals surface area contributed by atoms with Crippen molar-refractivity contribution in [2.24, 2.45) is 5.73 Å². The van der Waals surface area contributed by atoms with Gasteiger partial charge in [0.2, 0.25) is 0 Å². The summed E-state index contributed by atoms with van der Waals surface area (Å²) in [5.74, 6) is 0. The van der Waals surface area contributed by atoms with Crippen molar-refractivity contribution in [3.63, 3.8) is 0 Å². The molecule has 0 fully saturated rings. The number of hydrogen-bond donors (Lipinski definition) is 6. The van der Waals surface area contributed by atoms with Gasteiger partial charge >= 0.3 is 0 Å². The third-order valence-corrected chi connectivity index (χ3v) is 1.86. The second-order valence-electron chi connectivity index (χ2n) is 3.27. The van der Waals surface area contributed by atoms with Gasteiger partial charge in [-0.15, -0.1) is 0 Å². The van der Waals surface area contributed by atoms with Gasteiger partial charge in [-0.05, 0) is 0 Å². The van der Waals surface area contributed by atoms with Crippen molar-refractivity contribution in [1.82, 2.24) is 10.2 Å². The molecular weight excluding hydrogens is 226 g/mol. The molecule has 7 N–H and O–H groups in total. The van der Waals surface area contributed by atoms with Gasteiger partial charge < -0.3 is 31.5 Å². The van der Waals surface area contributed by atoms with Gasteiger partial charge in [-0.3, -0.25) is 4.90 Å². The van der Waals surface area contributed by atoms with E-state index >= 15 is 0 Å². The maximum atomic E-state index is 8.48. The monoisotopic (exact) mass is 253 g/mol. The van der Waals surface area contributed by atoms with Gasteiger partial charge in [0.1, 0.15) is 0 Å². The molecule has 17 heavy (non-hydrogen) atoms. The van der Waals surface area contributed by atoms with E-state index in [2.05, 4.69) is 5.32 Å². The van der Waals surface area contributed by atoms with Crippen LogP contribution in [0.15, 0.2) is 0 Å². The standard InChI is InChI=1S/C6H15NO3.C4H12N2O/c8-4-1-7(2-5-9)3-6-10;5-1-2-6-3-4-7/h8-10H,1-6H2;6-7H,1-5H2. The lowest BCUT2D eigenvalue weighted by molar-refractivity contribution is 0.136. The molecule has 7 heteroatoms. The molecule has 0 aromatic carbocycles. The van der Waals surface area contributed by atoms with E-state index in [9.17, 15) is 0 Å². The summed E-state index contributed by atoms with van der Waals surface area (Å²) < 4.78 is 0. The zero-order chi connectivity index (χ0) is 13.4. The Morgan fingerprint density at radius 3 is 1.53 bits per heavy atom. The number of hydrogen-bond acceptors (Lipinski definition) is 7. The van der Waals surface area contributed by atoms with Gasteiger partial charge in [-0.2, -0.15) is 0 Å². The van der Waals surface area contributed by atoms with E-state index in [4.69, 9.17) is 26.2 Å². The van der Waals surface area contributed by atoms with E-state index in [1.165, 1.54) is 0 Å². The van der Waals surface area contributed by atoms with E-state index in [0.717, 1.165) is 6.54 Å². The highest BCUT2D eigenvalue weighted by Crippen LogP contribution is 1.84. The van der Waals surface area contributed by atoms with Crippen molar-refractivity contribution in [2.75, 3.05) is 65.7 Å². The van der Waals surface area contributed by atoms with E-state index in [-0.39, 0.29) is 26.4 Å². The Morgan fingerprint density at radius 1 is 0.765 bits per heavy atom. The Morgan fingerprint density at radius 2 is 1.24 bits per heavy atom. The number of rotatable bonds is 10. The zero-order valence-electron chi connectivity index (χ0n) is 10.4. The quantitative estimate of drug-likeness (QED) is 0.227. The van der Waals surface area contributed by atoms with E-state index < -0.39 is 0 Å². The summed E-state index contributed by atoms with van der Waals surface area (Å²) >= 11 is 0. The predicted octanol–water partition coefficient (Wildman–Crippen LogP) is -3.21. The third kappa shape index (κ3) is 18.3. The molecule has 0 atom stereocenters. The molecular formula is C10H27N3O4. The first kappa shape index (κ1) is 19.1. The van der Waals surface area contributed by atoms with Crippen molar-refractivity contribution < 1.29 is 20.4 Å². The van der Waals surface area contributed by atoms with Crippen molar-refractivity contribution >= 4 is 0 Å². The smallest absolute Gasteiger partial charge is 0.0558 e. The largest absolute Gasteiger partial charge is 0.395 e. The highest BCUT2D eigenvalue weighted by atomic mass is 16.3. The first-order valence-electron chi connectivity index (χ1n) is 5.83. The van der Waals surface area contributed by atoms with Gasteiger partial charge in [-0.25, -0.2) is 0 Å². The van der Waals surface area contributed by atoms with Crippen LogP contribution in [0.5, 0.6) is 0 Å². The Bertz CT molecular complexity index is 112. The summed E-state index contributed by atoms with van der Waals surface area (Å²) in [4.78, 5) is 1.79. The molecule has 0 bridgehead atoms. The van der Waals surface area contributed by atoms with Crippen LogP contribution in [-0.2, 0) is 0 Å². The molecule has 106 valence electrons. The molecule has 0 aliphatic rings. The normalized spacial score (nSPS) is 10.2. The minimum atomic E-state index is 0.0694. The maximum Gasteiger partial charge on any atom is 0.0558 e. The third-order valence-electron chi connectivity index (χ3n) is 1.86. The number of nitrogens with one attached hydrogen (secondary N) is 1. The van der Waals surface area contributed by atoms with Gasteiger partial charge in [0.05, 0.1) is 26.4 Å². The lowest BCUT2D eigenvalue weighted by Gasteiger charge is -2.17. The molecule has 0 unspecified atom stereocenters. The Kier molecular flexibility index (Phi) is 20.3. The summed E-state index contributed by atoms with van der Waals surface area (Å²) in [6.07, 6.45) is 0. The minimum Gasteiger partial charge on any atom is -0.395 e. The van der Waals surface area contributed by atoms with E-state index in [1.54, 1.807) is 4.90 Å². The second kappa shape index (κ2) is 18.1. The van der Waals surface area contributed by atoms with Crippen LogP contribution in [0.1, 0.15) is 0 Å². The van der Waals surface area contributed by atoms with Crippen LogP contribution in [0.4, 0.5) is 0 Å². The fraction of sp³-hybridized carbons (Fsp3) is 1.00. The van der Waals surface area contributed by atoms with Crippen LogP contribution < -0.4 is 11.1 Å². The summed E-state index contributed by atoms with van der Waals surface area (Å²) in [6, 6.07) is 0. The van der Waals surface area contributed by atoms with Crippen molar-refractivity contribution in [1.29, 1.82) is 0 Å². The van der Waals surface area contributed by atoms with Gasteiger partial charge in [0.25, 0.3) is 0 Å². The average molecular weight is 253 g/mol. The molecule has 0 saturated heterocycles. The van der Waals surface area contributed by atoms with Crippen molar-refractivity contribution in [2.45, 2.75) is 0 Å². The van der Waals surface area contributed by atoms with Crippen LogP contribution in [0.3, 0.4) is 0 Å². The van der Waals surface area contributed by atoms with Gasteiger partial charge in [0, 0.05) is 39.3 Å². The van der Waals surface area contributed by atoms with Crippen molar-refractivity contribution in [3.8, 4) is 0 Å². The van der Waals surface area contributed by atoms with Crippen molar-refractivity contribution in [3.05, 3.63) is 0 Å². The predicted molar refractivity (Wildman–Crippen MR) is 66.7 cm³/mol. The molecule has 7 nitrogen and oxygen atoms in total. The summed E-state index contributed by atoms with van der Waals surface area (Å²) in [6.45, 7) is 4.03. The molecule has 0 aliphatic heterocycles. The molecule has 0 aromatic rings. The van der Waals surface area contributed by atoms with Crippen LogP contribution in [0.25, 0.3) is 0 Å². The molecule has 0 saturated carbocycles. The van der Waals surface area contributed by atoms with Gasteiger partial charge in [0.15, 0.2) is 0 Å². The summed E-state index contributed by atoms with van der Waals surface area (Å²) in [7, 11) is 0. The molecule has 0 spiro atoms. The lowest BCUT2D eigenvalue weighted by Crippen LogP contribution is -2.32. The molecule has 0 amide bonds. The fourth-order valence-electron chi connectivity index (χ4n) is 1.07. The maximum absolute atomic E-state index is 8.48. The summed E-state index contributed by atoms with van der Waals surface area (Å²) in [5, 5.41) is 36.6. The minimum absolute atomic E-state index is 0.0694. The lowest BCUT2D eigenvalue weighted by atomic mass is 10.4. The topological polar surface area (TPSA) is 122 Å². The number of nitrogens with zero attached hydrogens (tertiary/aromatic N) is 1. The second-order valence-corrected chi connectivity index (χ2v) is 3.27. The van der Waals surface area contributed by atoms with Gasteiger partial charge in [-0.1, -0.05) is 0 Å². The molecule has 0 rings (SSSR count). The highest BCUT2D eigenvalue weighted by Gasteiger charge is 2.00. The highest BCUT2D eigenvalue weighted by molar-refractivity contribution is 4.54. The van der Waals surface area contributed by atoms with Crippen LogP contribution >= 0.6 is 0 Å². The number of aliphatic hydroxyl groups excluding tert-OH is 4. The average Bonchev–Trinajstić information content (AvgIpc) is 2.32. The summed E-state index contributed by atoms with van der Waals surface area (Å²) in [5.41, 5.74) is 5.13. The zero-order valence-corrected chi connectivity index (χ0v) is 10.4. The molecule has 0 heterocycles. The Hall–Kier alpha value is -0.280. The van der Waals surface area contributed by atoms with Crippen LogP contribution in [0, 0.1) is 0 Å². The van der Waals surface area contributed by atoms with Crippen LogP contribution in [-0.4, -0.2) is 91.0 Å². The van der Waals surface area contributed by atoms with E-state index in [0.29, 0.717) is 32.7 Å². The Labute approximate surface area is 103 Å². The van der Waals surface area contributed by atoms with E-state index in [1.807, 2.05) is 0 Å². The Balaban J connectivity index is 0. The molecule has 0 aromatic heterocycles. The fourth-order valence-corrected chi connectivity index (χ4v) is 1.07. The molecule has 0 aliphatic carbocycles. The first-order chi connectivity index (χ1) is 8.26. The molecule has 0 radical (unpaired) electrons.